The zero-order valence-electron chi connectivity index (χ0n) is 34.4. The fourth-order valence-electron chi connectivity index (χ4n) is 7.66. The molecular weight excluding hydrogens is 815 g/mol. The first kappa shape index (κ1) is 43.9. The van der Waals surface area contributed by atoms with Crippen molar-refractivity contribution in [1.29, 1.82) is 0 Å². The monoisotopic (exact) mass is 868 g/mol. The Morgan fingerprint density at radius 3 is 1.18 bits per heavy atom. The summed E-state index contributed by atoms with van der Waals surface area (Å²) in [5.74, 6) is 0. The third-order valence-electron chi connectivity index (χ3n) is 9.75. The molecule has 8 rings (SSSR count). The predicted molar refractivity (Wildman–Crippen MR) is 250 cm³/mol. The normalized spacial score (nSPS) is 11.3. The zero-order chi connectivity index (χ0) is 40.3. The Morgan fingerprint density at radius 2 is 0.839 bits per heavy atom. The Bertz CT molecular complexity index is 2270. The fraction of sp³-hybridized carbons (Fsp3) is 0.269. The standard InChI is InChI=1S/2C24H23.C4H10Si.2ClH.Zr/c2*1-24(2,3)16-17-14-19-10-7-13-22(23(19)15-17)21-12-6-9-18-8-4-5-11-20(18)21;1-3-4-5-2;;;/h2*4-15H,16H2,1-3H3;3-4H2,1-2H3;2*1H;/q2*-1;;;;+4/p-2. The van der Waals surface area contributed by atoms with E-state index < -0.39 is 20.8 Å². The quantitative estimate of drug-likeness (QED) is 0.115. The van der Waals surface area contributed by atoms with Crippen molar-refractivity contribution in [2.75, 3.05) is 0 Å². The molecule has 286 valence electrons. The Balaban J connectivity index is 0.000000180. The van der Waals surface area contributed by atoms with Gasteiger partial charge in [0.1, 0.15) is 0 Å². The molecular formula is C52H56Cl2SiZr. The van der Waals surface area contributed by atoms with Crippen molar-refractivity contribution in [3.8, 4) is 22.3 Å². The first-order valence-electron chi connectivity index (χ1n) is 19.8. The summed E-state index contributed by atoms with van der Waals surface area (Å²) >= 11 is -0.826. The number of fused-ring (bicyclic) bond motifs is 4. The van der Waals surface area contributed by atoms with Gasteiger partial charge in [-0.15, -0.1) is 69.1 Å². The summed E-state index contributed by atoms with van der Waals surface area (Å²) in [4.78, 5) is 0. The maximum atomic E-state index is 4.93. The van der Waals surface area contributed by atoms with Crippen LogP contribution in [0.25, 0.3) is 65.3 Å². The van der Waals surface area contributed by atoms with Gasteiger partial charge in [0.15, 0.2) is 0 Å². The van der Waals surface area contributed by atoms with Crippen LogP contribution >= 0.6 is 17.0 Å². The van der Waals surface area contributed by atoms with E-state index in [0.717, 1.165) is 22.4 Å². The van der Waals surface area contributed by atoms with Gasteiger partial charge >= 0.3 is 37.9 Å². The average Bonchev–Trinajstić information content (AvgIpc) is 3.77. The molecule has 8 aromatic rings. The van der Waals surface area contributed by atoms with Crippen LogP contribution in [0.5, 0.6) is 0 Å². The van der Waals surface area contributed by atoms with Crippen LogP contribution in [-0.4, -0.2) is 9.52 Å². The van der Waals surface area contributed by atoms with Crippen molar-refractivity contribution in [3.63, 3.8) is 0 Å². The minimum absolute atomic E-state index is 0.310. The Labute approximate surface area is 357 Å². The molecule has 0 aromatic heterocycles. The summed E-state index contributed by atoms with van der Waals surface area (Å²) in [6, 6.07) is 54.7. The first-order valence-corrected chi connectivity index (χ1v) is 27.8. The Hall–Kier alpha value is -3.26. The molecule has 0 fully saturated rings. The molecule has 0 aliphatic heterocycles. The van der Waals surface area contributed by atoms with E-state index in [4.69, 9.17) is 17.0 Å². The average molecular weight is 871 g/mol. The van der Waals surface area contributed by atoms with Crippen molar-refractivity contribution in [3.05, 3.63) is 157 Å². The van der Waals surface area contributed by atoms with Crippen LogP contribution in [0, 0.1) is 10.8 Å². The van der Waals surface area contributed by atoms with Gasteiger partial charge in [-0.05, 0) is 56.3 Å². The van der Waals surface area contributed by atoms with Crippen molar-refractivity contribution >= 4 is 69.6 Å². The molecule has 0 bridgehead atoms. The number of hydrogen-bond donors (Lipinski definition) is 0. The Kier molecular flexibility index (Phi) is 16.0. The maximum absolute atomic E-state index is 4.93. The van der Waals surface area contributed by atoms with E-state index in [0.29, 0.717) is 10.8 Å². The summed E-state index contributed by atoms with van der Waals surface area (Å²) in [5, 5.41) is 10.7. The molecule has 0 unspecified atom stereocenters. The van der Waals surface area contributed by atoms with Crippen LogP contribution in [0.15, 0.2) is 146 Å². The summed E-state index contributed by atoms with van der Waals surface area (Å²) in [5.41, 5.74) is 8.82. The van der Waals surface area contributed by atoms with Crippen molar-refractivity contribution < 1.29 is 20.8 Å². The topological polar surface area (TPSA) is 0 Å². The molecule has 0 aliphatic rings. The van der Waals surface area contributed by atoms with Gasteiger partial charge in [-0.2, -0.15) is 12.1 Å². The van der Waals surface area contributed by atoms with Gasteiger partial charge < -0.3 is 0 Å². The van der Waals surface area contributed by atoms with E-state index in [1.165, 1.54) is 88.9 Å². The third kappa shape index (κ3) is 11.9. The van der Waals surface area contributed by atoms with Crippen LogP contribution < -0.4 is 0 Å². The molecule has 0 heterocycles. The van der Waals surface area contributed by atoms with Crippen LogP contribution in [0.3, 0.4) is 0 Å². The van der Waals surface area contributed by atoms with E-state index in [2.05, 4.69) is 201 Å². The summed E-state index contributed by atoms with van der Waals surface area (Å²) in [6.45, 7) is 18.3. The number of rotatable bonds is 6. The molecule has 0 aliphatic carbocycles. The molecule has 0 spiro atoms. The van der Waals surface area contributed by atoms with Gasteiger partial charge in [0, 0.05) is 9.52 Å². The molecule has 56 heavy (non-hydrogen) atoms. The molecule has 0 atom stereocenters. The van der Waals surface area contributed by atoms with Crippen LogP contribution in [0.1, 0.15) is 66.0 Å². The molecule has 8 aromatic carbocycles. The summed E-state index contributed by atoms with van der Waals surface area (Å²) < 4.78 is 0. The molecule has 0 amide bonds. The van der Waals surface area contributed by atoms with Gasteiger partial charge in [-0.3, -0.25) is 0 Å². The summed E-state index contributed by atoms with van der Waals surface area (Å²) in [7, 11) is 11.0. The minimum atomic E-state index is -0.826. The second-order valence-corrected chi connectivity index (χ2v) is 22.0. The third-order valence-corrected chi connectivity index (χ3v) is 10.7. The van der Waals surface area contributed by atoms with E-state index in [1.807, 2.05) is 0 Å². The molecule has 0 saturated carbocycles. The van der Waals surface area contributed by atoms with Crippen LogP contribution in [-0.2, 0) is 33.7 Å². The molecule has 0 nitrogen and oxygen atoms in total. The van der Waals surface area contributed by atoms with E-state index in [-0.39, 0.29) is 0 Å². The number of benzene rings is 6. The molecule has 0 N–H and O–H groups in total. The van der Waals surface area contributed by atoms with Gasteiger partial charge in [-0.1, -0.05) is 176 Å². The van der Waals surface area contributed by atoms with Gasteiger partial charge in [-0.25, -0.2) is 0 Å². The van der Waals surface area contributed by atoms with E-state index >= 15 is 0 Å². The fourth-order valence-corrected chi connectivity index (χ4v) is 8.16. The second-order valence-electron chi connectivity index (χ2n) is 17.0. The van der Waals surface area contributed by atoms with E-state index in [9.17, 15) is 0 Å². The number of hydrogen-bond acceptors (Lipinski definition) is 0. The van der Waals surface area contributed by atoms with Gasteiger partial charge in [0.25, 0.3) is 0 Å². The van der Waals surface area contributed by atoms with Crippen LogP contribution in [0.4, 0.5) is 0 Å². The van der Waals surface area contributed by atoms with Crippen molar-refractivity contribution in [2.45, 2.75) is 80.3 Å². The SMILES string of the molecule is CC(C)(C)Cc1cc2c(-c3cccc4ccccc34)cccc2[cH-]1.CC(C)(C)Cc1cc2c(-c3cccc4ccccc34)cccc2[cH-]1.CCC[Si]C.[Cl][Zr+2][Cl]. The van der Waals surface area contributed by atoms with Crippen molar-refractivity contribution in [1.82, 2.24) is 0 Å². The Morgan fingerprint density at radius 1 is 0.500 bits per heavy atom. The van der Waals surface area contributed by atoms with Gasteiger partial charge in [0.05, 0.1) is 0 Å². The van der Waals surface area contributed by atoms with Gasteiger partial charge in [0.2, 0.25) is 0 Å². The summed E-state index contributed by atoms with van der Waals surface area (Å²) in [6.07, 6.45) is 3.57. The first-order chi connectivity index (χ1) is 26.9. The van der Waals surface area contributed by atoms with Crippen LogP contribution in [0.2, 0.25) is 12.6 Å². The van der Waals surface area contributed by atoms with E-state index in [1.54, 1.807) is 0 Å². The predicted octanol–water partition coefficient (Wildman–Crippen LogP) is 16.9. The molecule has 2 radical (unpaired) electrons. The molecule has 4 heteroatoms. The van der Waals surface area contributed by atoms with Crippen molar-refractivity contribution in [2.24, 2.45) is 10.8 Å². The zero-order valence-corrected chi connectivity index (χ0v) is 39.4. The second kappa shape index (κ2) is 20.4. The molecule has 0 saturated heterocycles. The number of halogens is 2.